The van der Waals surface area contributed by atoms with Crippen molar-refractivity contribution in [1.29, 1.82) is 0 Å². The molecule has 6 heteroatoms. The zero-order valence-electron chi connectivity index (χ0n) is 9.14. The van der Waals surface area contributed by atoms with Crippen LogP contribution in [0.2, 0.25) is 5.02 Å². The molecule has 0 spiro atoms. The van der Waals surface area contributed by atoms with Gasteiger partial charge in [0, 0.05) is 29.3 Å². The monoisotopic (exact) mass is 322 g/mol. The number of hydrogen-bond donors (Lipinski definition) is 1. The lowest BCUT2D eigenvalue weighted by Crippen LogP contribution is -1.98. The van der Waals surface area contributed by atoms with Crippen LogP contribution in [0.15, 0.2) is 47.5 Å². The second-order valence-electron chi connectivity index (χ2n) is 3.70. The van der Waals surface area contributed by atoms with Gasteiger partial charge in [0.05, 0.1) is 0 Å². The molecule has 3 rings (SSSR count). The number of nitrogens with zero attached hydrogens (tertiary/aromatic N) is 3. The van der Waals surface area contributed by atoms with E-state index in [0.717, 1.165) is 15.9 Å². The molecule has 2 aromatic heterocycles. The van der Waals surface area contributed by atoms with Gasteiger partial charge in [-0.15, -0.1) is 0 Å². The molecular formula is C12H8BrClN4. The third-order valence-corrected chi connectivity index (χ3v) is 3.09. The molecule has 0 unspecified atom stereocenters. The summed E-state index contributed by atoms with van der Waals surface area (Å²) in [5.74, 6) is 0.691. The molecule has 0 saturated carbocycles. The standard InChI is InChI=1S/C12H8BrClN4/c13-10-7-18-6-5-15-12(18)11(17-10)16-9-3-1-8(14)2-4-9/h1-7H,(H,16,17). The van der Waals surface area contributed by atoms with Gasteiger partial charge in [-0.1, -0.05) is 11.6 Å². The molecule has 0 atom stereocenters. The number of imidazole rings is 1. The summed E-state index contributed by atoms with van der Waals surface area (Å²) in [4.78, 5) is 8.65. The number of hydrogen-bond acceptors (Lipinski definition) is 3. The zero-order valence-corrected chi connectivity index (χ0v) is 11.5. The maximum absolute atomic E-state index is 5.85. The summed E-state index contributed by atoms with van der Waals surface area (Å²) in [6.45, 7) is 0. The molecule has 1 N–H and O–H groups in total. The first-order valence-electron chi connectivity index (χ1n) is 5.24. The van der Waals surface area contributed by atoms with Crippen molar-refractivity contribution in [3.05, 3.63) is 52.5 Å². The average Bonchev–Trinajstić information content (AvgIpc) is 2.80. The summed E-state index contributed by atoms with van der Waals surface area (Å²) in [5.41, 5.74) is 1.68. The Morgan fingerprint density at radius 3 is 2.78 bits per heavy atom. The molecule has 4 nitrogen and oxygen atoms in total. The van der Waals surface area contributed by atoms with Gasteiger partial charge in [-0.25, -0.2) is 9.97 Å². The Labute approximate surface area is 117 Å². The largest absolute Gasteiger partial charge is 0.337 e. The van der Waals surface area contributed by atoms with Crippen LogP contribution in [-0.2, 0) is 0 Å². The summed E-state index contributed by atoms with van der Waals surface area (Å²) in [5, 5.41) is 3.92. The van der Waals surface area contributed by atoms with Crippen molar-refractivity contribution in [2.45, 2.75) is 0 Å². The Balaban J connectivity index is 2.03. The van der Waals surface area contributed by atoms with Gasteiger partial charge in [0.15, 0.2) is 11.5 Å². The van der Waals surface area contributed by atoms with Crippen LogP contribution in [0.4, 0.5) is 11.5 Å². The fraction of sp³-hybridized carbons (Fsp3) is 0. The van der Waals surface area contributed by atoms with Crippen molar-refractivity contribution >= 4 is 44.7 Å². The van der Waals surface area contributed by atoms with Gasteiger partial charge in [-0.3, -0.25) is 0 Å². The average molecular weight is 324 g/mol. The third-order valence-electron chi connectivity index (χ3n) is 2.45. The topological polar surface area (TPSA) is 42.2 Å². The first-order chi connectivity index (χ1) is 8.72. The first-order valence-corrected chi connectivity index (χ1v) is 6.41. The van der Waals surface area contributed by atoms with E-state index in [1.807, 2.05) is 41.1 Å². The number of benzene rings is 1. The number of fused-ring (bicyclic) bond motifs is 1. The van der Waals surface area contributed by atoms with E-state index in [0.29, 0.717) is 10.8 Å². The molecule has 1 aromatic carbocycles. The predicted molar refractivity (Wildman–Crippen MR) is 75.4 cm³/mol. The Hall–Kier alpha value is -1.59. The van der Waals surface area contributed by atoms with Crippen molar-refractivity contribution in [2.75, 3.05) is 5.32 Å². The van der Waals surface area contributed by atoms with Crippen molar-refractivity contribution in [3.8, 4) is 0 Å². The van der Waals surface area contributed by atoms with Gasteiger partial charge in [0.2, 0.25) is 0 Å². The Bertz CT molecular complexity index is 693. The summed E-state index contributed by atoms with van der Waals surface area (Å²) in [6, 6.07) is 7.43. The minimum atomic E-state index is 0.691. The fourth-order valence-electron chi connectivity index (χ4n) is 1.65. The Kier molecular flexibility index (Phi) is 2.93. The molecule has 0 saturated heterocycles. The number of aromatic nitrogens is 3. The highest BCUT2D eigenvalue weighted by molar-refractivity contribution is 9.10. The van der Waals surface area contributed by atoms with E-state index in [4.69, 9.17) is 11.6 Å². The Morgan fingerprint density at radius 2 is 2.00 bits per heavy atom. The lowest BCUT2D eigenvalue weighted by atomic mass is 10.3. The van der Waals surface area contributed by atoms with E-state index >= 15 is 0 Å². The van der Waals surface area contributed by atoms with Crippen molar-refractivity contribution in [2.24, 2.45) is 0 Å². The molecule has 2 heterocycles. The van der Waals surface area contributed by atoms with Crippen LogP contribution in [0.1, 0.15) is 0 Å². The minimum Gasteiger partial charge on any atom is -0.337 e. The van der Waals surface area contributed by atoms with Crippen LogP contribution in [0.25, 0.3) is 5.65 Å². The van der Waals surface area contributed by atoms with Gasteiger partial charge >= 0.3 is 0 Å². The van der Waals surface area contributed by atoms with E-state index in [1.165, 1.54) is 0 Å². The second kappa shape index (κ2) is 4.59. The molecular weight excluding hydrogens is 316 g/mol. The molecule has 0 aliphatic heterocycles. The van der Waals surface area contributed by atoms with Crippen LogP contribution in [-0.4, -0.2) is 14.4 Å². The fourth-order valence-corrected chi connectivity index (χ4v) is 2.18. The number of halogens is 2. The van der Waals surface area contributed by atoms with Gasteiger partial charge in [0.25, 0.3) is 0 Å². The van der Waals surface area contributed by atoms with Crippen LogP contribution in [0.5, 0.6) is 0 Å². The molecule has 0 aliphatic rings. The quantitative estimate of drug-likeness (QED) is 0.778. The van der Waals surface area contributed by atoms with Crippen molar-refractivity contribution < 1.29 is 0 Å². The second-order valence-corrected chi connectivity index (χ2v) is 4.95. The highest BCUT2D eigenvalue weighted by atomic mass is 79.9. The summed E-state index contributed by atoms with van der Waals surface area (Å²) >= 11 is 9.22. The highest BCUT2D eigenvalue weighted by Crippen LogP contribution is 2.22. The zero-order chi connectivity index (χ0) is 12.5. The third kappa shape index (κ3) is 2.19. The SMILES string of the molecule is Clc1ccc(Nc2nc(Br)cn3ccnc23)cc1. The van der Waals surface area contributed by atoms with Crippen LogP contribution in [0.3, 0.4) is 0 Å². The van der Waals surface area contributed by atoms with Gasteiger partial charge in [0.1, 0.15) is 4.60 Å². The molecule has 0 amide bonds. The lowest BCUT2D eigenvalue weighted by Gasteiger charge is -2.07. The van der Waals surface area contributed by atoms with Gasteiger partial charge < -0.3 is 9.72 Å². The highest BCUT2D eigenvalue weighted by Gasteiger charge is 2.06. The molecule has 0 aliphatic carbocycles. The molecule has 0 radical (unpaired) electrons. The van der Waals surface area contributed by atoms with Crippen LogP contribution >= 0.6 is 27.5 Å². The number of nitrogens with one attached hydrogen (secondary N) is 1. The molecule has 0 fully saturated rings. The first kappa shape index (κ1) is 11.5. The smallest absolute Gasteiger partial charge is 0.180 e. The molecule has 0 bridgehead atoms. The summed E-state index contributed by atoms with van der Waals surface area (Å²) < 4.78 is 2.64. The number of anilines is 2. The van der Waals surface area contributed by atoms with Gasteiger partial charge in [-0.2, -0.15) is 0 Å². The maximum atomic E-state index is 5.85. The molecule has 18 heavy (non-hydrogen) atoms. The molecule has 3 aromatic rings. The van der Waals surface area contributed by atoms with Crippen LogP contribution in [0, 0.1) is 0 Å². The van der Waals surface area contributed by atoms with E-state index in [9.17, 15) is 0 Å². The van der Waals surface area contributed by atoms with Gasteiger partial charge in [-0.05, 0) is 40.2 Å². The van der Waals surface area contributed by atoms with Crippen molar-refractivity contribution in [1.82, 2.24) is 14.4 Å². The number of rotatable bonds is 2. The Morgan fingerprint density at radius 1 is 1.22 bits per heavy atom. The van der Waals surface area contributed by atoms with E-state index in [2.05, 4.69) is 31.2 Å². The van der Waals surface area contributed by atoms with E-state index in [-0.39, 0.29) is 0 Å². The summed E-state index contributed by atoms with van der Waals surface area (Å²) in [6.07, 6.45) is 5.46. The van der Waals surface area contributed by atoms with Crippen LogP contribution < -0.4 is 5.32 Å². The minimum absolute atomic E-state index is 0.691. The lowest BCUT2D eigenvalue weighted by molar-refractivity contribution is 1.10. The maximum Gasteiger partial charge on any atom is 0.180 e. The van der Waals surface area contributed by atoms with Crippen molar-refractivity contribution in [3.63, 3.8) is 0 Å². The predicted octanol–water partition coefficient (Wildman–Crippen LogP) is 3.89. The van der Waals surface area contributed by atoms with E-state index < -0.39 is 0 Å². The van der Waals surface area contributed by atoms with E-state index in [1.54, 1.807) is 6.20 Å². The summed E-state index contributed by atoms with van der Waals surface area (Å²) in [7, 11) is 0. The molecule has 90 valence electrons. The normalized spacial score (nSPS) is 10.8.